The summed E-state index contributed by atoms with van der Waals surface area (Å²) in [5, 5.41) is 9.25. The Balaban J connectivity index is 1.73. The van der Waals surface area contributed by atoms with Gasteiger partial charge >= 0.3 is 0 Å². The molecule has 0 radical (unpaired) electrons. The summed E-state index contributed by atoms with van der Waals surface area (Å²) in [6.45, 7) is 6.19. The standard InChI is InChI=1S/C21H22N6OS2/c1-4-10-29-21-25-20(30-26-21)24-19(28)15-11-17(14-8-6-5-7-9-14)23-18-16(15)12-22-27(18)13(2)3/h5-9,11-13H,4,10H2,1-3H3,(H,24,25,26,28). The number of benzene rings is 1. The molecule has 0 aliphatic rings. The van der Waals surface area contributed by atoms with Crippen LogP contribution in [0.5, 0.6) is 0 Å². The lowest BCUT2D eigenvalue weighted by Gasteiger charge is -2.10. The molecular weight excluding hydrogens is 416 g/mol. The van der Waals surface area contributed by atoms with Crippen LogP contribution in [0.15, 0.2) is 47.8 Å². The molecule has 30 heavy (non-hydrogen) atoms. The third kappa shape index (κ3) is 4.22. The summed E-state index contributed by atoms with van der Waals surface area (Å²) in [7, 11) is 0. The van der Waals surface area contributed by atoms with E-state index < -0.39 is 0 Å². The summed E-state index contributed by atoms with van der Waals surface area (Å²) in [4.78, 5) is 22.4. The Morgan fingerprint density at radius 3 is 2.77 bits per heavy atom. The maximum absolute atomic E-state index is 13.2. The number of amides is 1. The zero-order chi connectivity index (χ0) is 21.1. The first-order valence-electron chi connectivity index (χ1n) is 9.78. The van der Waals surface area contributed by atoms with Crippen molar-refractivity contribution in [3.8, 4) is 11.3 Å². The smallest absolute Gasteiger partial charge is 0.258 e. The number of nitrogens with one attached hydrogen (secondary N) is 1. The molecule has 0 aliphatic heterocycles. The van der Waals surface area contributed by atoms with Gasteiger partial charge in [-0.15, -0.1) is 0 Å². The second-order valence-corrected chi connectivity index (χ2v) is 8.84. The van der Waals surface area contributed by atoms with Crippen LogP contribution in [0.2, 0.25) is 0 Å². The summed E-state index contributed by atoms with van der Waals surface area (Å²) < 4.78 is 6.14. The van der Waals surface area contributed by atoms with Crippen LogP contribution in [-0.2, 0) is 0 Å². The Hall–Kier alpha value is -2.78. The summed E-state index contributed by atoms with van der Waals surface area (Å²) in [6.07, 6.45) is 2.75. The quantitative estimate of drug-likeness (QED) is 0.395. The second-order valence-electron chi connectivity index (χ2n) is 7.03. The SMILES string of the molecule is CCCSc1nsc(NC(=O)c2cc(-c3ccccc3)nc3c2cnn3C(C)C)n1. The van der Waals surface area contributed by atoms with Gasteiger partial charge in [0.05, 0.1) is 22.8 Å². The van der Waals surface area contributed by atoms with Gasteiger partial charge in [-0.2, -0.15) is 14.5 Å². The molecule has 154 valence electrons. The van der Waals surface area contributed by atoms with Crippen LogP contribution in [0.1, 0.15) is 43.6 Å². The Labute approximate surface area is 183 Å². The third-order valence-corrected chi connectivity index (χ3v) is 6.23. The minimum absolute atomic E-state index is 0.123. The molecule has 0 unspecified atom stereocenters. The van der Waals surface area contributed by atoms with Crippen LogP contribution >= 0.6 is 23.3 Å². The molecule has 0 atom stereocenters. The predicted octanol–water partition coefficient (Wildman–Crippen LogP) is 5.29. The summed E-state index contributed by atoms with van der Waals surface area (Å²) in [6, 6.07) is 11.8. The van der Waals surface area contributed by atoms with Crippen LogP contribution in [0.25, 0.3) is 22.3 Å². The van der Waals surface area contributed by atoms with Gasteiger partial charge in [0.1, 0.15) is 0 Å². The molecule has 7 nitrogen and oxygen atoms in total. The number of pyridine rings is 1. The Morgan fingerprint density at radius 1 is 1.23 bits per heavy atom. The lowest BCUT2D eigenvalue weighted by atomic mass is 10.1. The lowest BCUT2D eigenvalue weighted by molar-refractivity contribution is 0.102. The molecule has 9 heteroatoms. The van der Waals surface area contributed by atoms with Gasteiger partial charge in [0.2, 0.25) is 10.3 Å². The van der Waals surface area contributed by atoms with E-state index >= 15 is 0 Å². The first kappa shape index (κ1) is 20.5. The minimum atomic E-state index is -0.244. The summed E-state index contributed by atoms with van der Waals surface area (Å²) >= 11 is 2.78. The topological polar surface area (TPSA) is 85.6 Å². The van der Waals surface area contributed by atoms with E-state index in [1.54, 1.807) is 18.0 Å². The van der Waals surface area contributed by atoms with Crippen molar-refractivity contribution in [3.63, 3.8) is 0 Å². The van der Waals surface area contributed by atoms with Crippen LogP contribution in [-0.4, -0.2) is 35.8 Å². The van der Waals surface area contributed by atoms with E-state index in [1.165, 1.54) is 11.5 Å². The number of hydrogen-bond donors (Lipinski definition) is 1. The maximum atomic E-state index is 13.2. The van der Waals surface area contributed by atoms with E-state index in [4.69, 9.17) is 4.98 Å². The highest BCUT2D eigenvalue weighted by Crippen LogP contribution is 2.27. The Bertz CT molecular complexity index is 1170. The molecule has 0 saturated carbocycles. The van der Waals surface area contributed by atoms with E-state index in [1.807, 2.05) is 54.9 Å². The lowest BCUT2D eigenvalue weighted by Crippen LogP contribution is -2.13. The number of carbonyl (C=O) groups excluding carboxylic acids is 1. The van der Waals surface area contributed by atoms with E-state index in [-0.39, 0.29) is 11.9 Å². The van der Waals surface area contributed by atoms with E-state index in [0.717, 1.165) is 23.4 Å². The molecule has 3 aromatic heterocycles. The van der Waals surface area contributed by atoms with E-state index in [0.29, 0.717) is 26.9 Å². The first-order valence-corrected chi connectivity index (χ1v) is 11.5. The average molecular weight is 439 g/mol. The molecule has 4 aromatic rings. The molecule has 0 spiro atoms. The molecule has 0 fully saturated rings. The number of hydrogen-bond acceptors (Lipinski definition) is 7. The van der Waals surface area contributed by atoms with Crippen LogP contribution in [0, 0.1) is 0 Å². The summed E-state index contributed by atoms with van der Waals surface area (Å²) in [5.41, 5.74) is 2.88. The van der Waals surface area contributed by atoms with Gasteiger partial charge in [-0.1, -0.05) is 49.0 Å². The number of aromatic nitrogens is 5. The molecule has 3 heterocycles. The highest BCUT2D eigenvalue weighted by Gasteiger charge is 2.19. The molecular formula is C21H22N6OS2. The fourth-order valence-electron chi connectivity index (χ4n) is 3.02. The molecule has 0 bridgehead atoms. The number of thioether (sulfide) groups is 1. The van der Waals surface area contributed by atoms with Crippen molar-refractivity contribution in [3.05, 3.63) is 48.2 Å². The second kappa shape index (κ2) is 8.93. The molecule has 4 rings (SSSR count). The zero-order valence-electron chi connectivity index (χ0n) is 17.0. The third-order valence-electron chi connectivity index (χ3n) is 4.43. The number of rotatable bonds is 7. The largest absolute Gasteiger partial charge is 0.297 e. The first-order chi connectivity index (χ1) is 14.6. The number of carbonyl (C=O) groups is 1. The van der Waals surface area contributed by atoms with Crippen molar-refractivity contribution in [1.82, 2.24) is 24.1 Å². The predicted molar refractivity (Wildman–Crippen MR) is 122 cm³/mol. The monoisotopic (exact) mass is 438 g/mol. The molecule has 1 N–H and O–H groups in total. The van der Waals surface area contributed by atoms with Crippen molar-refractivity contribution >= 4 is 45.4 Å². The Morgan fingerprint density at radius 2 is 2.03 bits per heavy atom. The molecule has 0 aliphatic carbocycles. The minimum Gasteiger partial charge on any atom is -0.297 e. The van der Waals surface area contributed by atoms with E-state index in [9.17, 15) is 4.79 Å². The van der Waals surface area contributed by atoms with Gasteiger partial charge in [0.25, 0.3) is 5.91 Å². The molecule has 0 saturated heterocycles. The van der Waals surface area contributed by atoms with Crippen molar-refractivity contribution in [2.45, 2.75) is 38.4 Å². The van der Waals surface area contributed by atoms with Crippen molar-refractivity contribution in [1.29, 1.82) is 0 Å². The van der Waals surface area contributed by atoms with Crippen molar-refractivity contribution in [2.75, 3.05) is 11.1 Å². The average Bonchev–Trinajstić information content (AvgIpc) is 3.38. The van der Waals surface area contributed by atoms with Gasteiger partial charge in [-0.3, -0.25) is 10.1 Å². The van der Waals surface area contributed by atoms with Crippen molar-refractivity contribution < 1.29 is 4.79 Å². The van der Waals surface area contributed by atoms with E-state index in [2.05, 4.69) is 26.7 Å². The summed E-state index contributed by atoms with van der Waals surface area (Å²) in [5.74, 6) is 0.704. The molecule has 1 aromatic carbocycles. The Kier molecular flexibility index (Phi) is 6.10. The van der Waals surface area contributed by atoms with Gasteiger partial charge < -0.3 is 0 Å². The number of anilines is 1. The van der Waals surface area contributed by atoms with Gasteiger partial charge in [-0.25, -0.2) is 9.67 Å². The molecule has 1 amide bonds. The highest BCUT2D eigenvalue weighted by molar-refractivity contribution is 7.99. The fraction of sp³-hybridized carbons (Fsp3) is 0.286. The fourth-order valence-corrected chi connectivity index (χ4v) is 4.41. The van der Waals surface area contributed by atoms with Gasteiger partial charge in [0, 0.05) is 28.9 Å². The van der Waals surface area contributed by atoms with Crippen LogP contribution < -0.4 is 5.32 Å². The number of nitrogens with zero attached hydrogens (tertiary/aromatic N) is 5. The van der Waals surface area contributed by atoms with Gasteiger partial charge in [-0.05, 0) is 26.3 Å². The zero-order valence-corrected chi connectivity index (χ0v) is 18.6. The van der Waals surface area contributed by atoms with Crippen LogP contribution in [0.3, 0.4) is 0 Å². The normalized spacial score (nSPS) is 11.3. The van der Waals surface area contributed by atoms with Crippen molar-refractivity contribution in [2.24, 2.45) is 0 Å². The maximum Gasteiger partial charge on any atom is 0.258 e. The van der Waals surface area contributed by atoms with Crippen LogP contribution in [0.4, 0.5) is 5.13 Å². The van der Waals surface area contributed by atoms with Gasteiger partial charge in [0.15, 0.2) is 5.65 Å². The number of fused-ring (bicyclic) bond motifs is 1. The highest BCUT2D eigenvalue weighted by atomic mass is 32.2.